The molecule has 1 heterocycles. The average Bonchev–Trinajstić information content (AvgIpc) is 3.08. The monoisotopic (exact) mass is 548 g/mol. The zero-order valence-corrected chi connectivity index (χ0v) is 20.6. The number of anilines is 1. The minimum absolute atomic E-state index is 0.0846. The minimum atomic E-state index is -0.978. The number of hydrogen-bond donors (Lipinski definition) is 1. The Morgan fingerprint density at radius 1 is 1.06 bits per heavy atom. The smallest absolute Gasteiger partial charge is 0.294 e. The maximum Gasteiger partial charge on any atom is 0.294 e. The molecule has 3 aromatic carbocycles. The fourth-order valence-electron chi connectivity index (χ4n) is 3.23. The number of para-hydroxylation sites is 1. The highest BCUT2D eigenvalue weighted by Gasteiger charge is 2.36. The molecule has 1 saturated heterocycles. The third kappa shape index (κ3) is 6.04. The fraction of sp³-hybridized carbons (Fsp3) is 0.0800. The quantitative estimate of drug-likeness (QED) is 0.340. The average molecular weight is 549 g/mol. The summed E-state index contributed by atoms with van der Waals surface area (Å²) in [5.41, 5.74) is 0.974. The van der Waals surface area contributed by atoms with Crippen LogP contribution in [0.1, 0.15) is 11.1 Å². The van der Waals surface area contributed by atoms with E-state index < -0.39 is 35.2 Å². The van der Waals surface area contributed by atoms with Crippen molar-refractivity contribution in [1.29, 1.82) is 0 Å². The molecule has 0 spiro atoms. The number of nitrogens with zero attached hydrogens (tertiary/aromatic N) is 1. The minimum Gasteiger partial charge on any atom is -0.488 e. The van der Waals surface area contributed by atoms with Crippen LogP contribution in [0.4, 0.5) is 19.3 Å². The van der Waals surface area contributed by atoms with Gasteiger partial charge in [0.1, 0.15) is 30.5 Å². The normalized spacial score (nSPS) is 14.4. The lowest BCUT2D eigenvalue weighted by Gasteiger charge is -2.13. The summed E-state index contributed by atoms with van der Waals surface area (Å²) in [4.78, 5) is 38.4. The molecule has 0 atom stereocenters. The number of imide groups is 1. The first kappa shape index (κ1) is 25.7. The summed E-state index contributed by atoms with van der Waals surface area (Å²) >= 11 is 12.8. The summed E-state index contributed by atoms with van der Waals surface area (Å²) in [7, 11) is 0. The number of carbonyl (C=O) groups excluding carboxylic acids is 3. The Morgan fingerprint density at radius 3 is 2.58 bits per heavy atom. The molecule has 3 aromatic rings. The van der Waals surface area contributed by atoms with E-state index in [-0.39, 0.29) is 17.2 Å². The molecule has 4 rings (SSSR count). The predicted octanol–water partition coefficient (Wildman–Crippen LogP) is 6.53. The molecule has 184 valence electrons. The number of amides is 3. The molecule has 36 heavy (non-hydrogen) atoms. The number of nitrogens with one attached hydrogen (secondary N) is 1. The highest BCUT2D eigenvalue weighted by Crippen LogP contribution is 2.34. The summed E-state index contributed by atoms with van der Waals surface area (Å²) < 4.78 is 32.7. The lowest BCUT2D eigenvalue weighted by Crippen LogP contribution is -2.36. The molecule has 6 nitrogen and oxygen atoms in total. The van der Waals surface area contributed by atoms with Gasteiger partial charge in [-0.05, 0) is 48.2 Å². The van der Waals surface area contributed by atoms with Crippen LogP contribution in [0.5, 0.6) is 5.75 Å². The second kappa shape index (κ2) is 11.1. The summed E-state index contributed by atoms with van der Waals surface area (Å²) in [5.74, 6) is -2.83. The van der Waals surface area contributed by atoms with E-state index in [2.05, 4.69) is 5.32 Å². The van der Waals surface area contributed by atoms with E-state index in [1.54, 1.807) is 42.5 Å². The zero-order chi connectivity index (χ0) is 25.8. The van der Waals surface area contributed by atoms with E-state index in [0.717, 1.165) is 17.0 Å². The van der Waals surface area contributed by atoms with E-state index in [1.807, 2.05) is 0 Å². The van der Waals surface area contributed by atoms with Crippen LogP contribution in [-0.2, 0) is 16.2 Å². The molecule has 0 radical (unpaired) electrons. The largest absolute Gasteiger partial charge is 0.488 e. The highest BCUT2D eigenvalue weighted by atomic mass is 35.5. The number of halogens is 4. The van der Waals surface area contributed by atoms with Crippen LogP contribution >= 0.6 is 35.0 Å². The van der Waals surface area contributed by atoms with Crippen LogP contribution < -0.4 is 10.1 Å². The Kier molecular flexibility index (Phi) is 7.93. The van der Waals surface area contributed by atoms with Crippen molar-refractivity contribution >= 4 is 63.8 Å². The lowest BCUT2D eigenvalue weighted by molar-refractivity contribution is -0.127. The van der Waals surface area contributed by atoms with Gasteiger partial charge in [-0.15, -0.1) is 0 Å². The van der Waals surface area contributed by atoms with E-state index in [4.69, 9.17) is 27.9 Å². The Hall–Kier alpha value is -3.40. The first-order valence-electron chi connectivity index (χ1n) is 10.4. The van der Waals surface area contributed by atoms with Crippen LogP contribution in [0, 0.1) is 11.6 Å². The number of carbonyl (C=O) groups is 3. The van der Waals surface area contributed by atoms with E-state index in [1.165, 1.54) is 6.08 Å². The van der Waals surface area contributed by atoms with Gasteiger partial charge in [0.2, 0.25) is 5.91 Å². The van der Waals surface area contributed by atoms with Crippen molar-refractivity contribution < 1.29 is 27.9 Å². The van der Waals surface area contributed by atoms with Crippen molar-refractivity contribution in [3.8, 4) is 5.75 Å². The van der Waals surface area contributed by atoms with Crippen molar-refractivity contribution in [3.63, 3.8) is 0 Å². The first-order valence-corrected chi connectivity index (χ1v) is 11.9. The van der Waals surface area contributed by atoms with E-state index >= 15 is 0 Å². The fourth-order valence-corrected chi connectivity index (χ4v) is 4.52. The number of benzene rings is 3. The molecule has 1 aliphatic heterocycles. The molecule has 1 N–H and O–H groups in total. The second-order valence-electron chi connectivity index (χ2n) is 7.50. The summed E-state index contributed by atoms with van der Waals surface area (Å²) in [6.45, 7) is -0.492. The lowest BCUT2D eigenvalue weighted by atomic mass is 10.1. The third-order valence-electron chi connectivity index (χ3n) is 4.98. The van der Waals surface area contributed by atoms with E-state index in [0.29, 0.717) is 44.7 Å². The van der Waals surface area contributed by atoms with Crippen LogP contribution in [0.15, 0.2) is 65.6 Å². The van der Waals surface area contributed by atoms with Gasteiger partial charge in [-0.1, -0.05) is 47.5 Å². The van der Waals surface area contributed by atoms with Crippen molar-refractivity contribution in [2.24, 2.45) is 0 Å². The van der Waals surface area contributed by atoms with Crippen LogP contribution in [-0.4, -0.2) is 28.5 Å². The molecule has 0 aliphatic carbocycles. The standard InChI is InChI=1S/C25H16Cl2F2N2O4S/c26-16-6-5-15(18(27)10-16)13-35-21-4-2-1-3-14(21)9-22-24(33)31(25(34)36-22)12-23(32)30-20-8-7-17(28)11-19(20)29/h1-11H,12-13H2,(H,30,32)/b22-9+. The summed E-state index contributed by atoms with van der Waals surface area (Å²) in [5, 5.41) is 2.51. The molecule has 0 saturated carbocycles. The first-order chi connectivity index (χ1) is 17.2. The molecule has 0 unspecified atom stereocenters. The van der Waals surface area contributed by atoms with Gasteiger partial charge in [0.05, 0.1) is 10.6 Å². The topological polar surface area (TPSA) is 75.7 Å². The molecule has 1 fully saturated rings. The Labute approximate surface area is 218 Å². The number of ether oxygens (including phenoxy) is 1. The highest BCUT2D eigenvalue weighted by molar-refractivity contribution is 8.18. The maximum absolute atomic E-state index is 13.8. The predicted molar refractivity (Wildman–Crippen MR) is 135 cm³/mol. The Balaban J connectivity index is 1.46. The molecule has 3 amide bonds. The molecular formula is C25H16Cl2F2N2O4S. The van der Waals surface area contributed by atoms with Gasteiger partial charge in [0.15, 0.2) is 0 Å². The van der Waals surface area contributed by atoms with Gasteiger partial charge in [0.25, 0.3) is 11.1 Å². The van der Waals surface area contributed by atoms with Gasteiger partial charge in [0, 0.05) is 27.2 Å². The third-order valence-corrected chi connectivity index (χ3v) is 6.48. The van der Waals surface area contributed by atoms with Gasteiger partial charge in [-0.3, -0.25) is 19.3 Å². The van der Waals surface area contributed by atoms with Crippen LogP contribution in [0.25, 0.3) is 6.08 Å². The zero-order valence-electron chi connectivity index (χ0n) is 18.3. The molecule has 0 aromatic heterocycles. The van der Waals surface area contributed by atoms with Crippen molar-refractivity contribution in [2.75, 3.05) is 11.9 Å². The van der Waals surface area contributed by atoms with Gasteiger partial charge < -0.3 is 10.1 Å². The second-order valence-corrected chi connectivity index (χ2v) is 9.34. The van der Waals surface area contributed by atoms with Gasteiger partial charge in [-0.2, -0.15) is 0 Å². The number of rotatable bonds is 7. The Bertz CT molecular complexity index is 1400. The molecule has 1 aliphatic rings. The molecular weight excluding hydrogens is 533 g/mol. The SMILES string of the molecule is O=C(CN1C(=O)S/C(=C/c2ccccc2OCc2ccc(Cl)cc2Cl)C1=O)Nc1ccc(F)cc1F. The van der Waals surface area contributed by atoms with Gasteiger partial charge >= 0.3 is 0 Å². The van der Waals surface area contributed by atoms with Crippen LogP contribution in [0.3, 0.4) is 0 Å². The molecule has 0 bridgehead atoms. The number of hydrogen-bond acceptors (Lipinski definition) is 5. The maximum atomic E-state index is 13.8. The summed E-state index contributed by atoms with van der Waals surface area (Å²) in [6, 6.07) is 14.6. The molecule has 11 heteroatoms. The van der Waals surface area contributed by atoms with Crippen molar-refractivity contribution in [1.82, 2.24) is 4.90 Å². The number of thioether (sulfide) groups is 1. The van der Waals surface area contributed by atoms with Crippen molar-refractivity contribution in [2.45, 2.75) is 6.61 Å². The van der Waals surface area contributed by atoms with Crippen LogP contribution in [0.2, 0.25) is 10.0 Å². The van der Waals surface area contributed by atoms with Crippen molar-refractivity contribution in [3.05, 3.63) is 98.4 Å². The Morgan fingerprint density at radius 2 is 1.83 bits per heavy atom. The summed E-state index contributed by atoms with van der Waals surface area (Å²) in [6.07, 6.45) is 1.49. The van der Waals surface area contributed by atoms with Gasteiger partial charge in [-0.25, -0.2) is 8.78 Å². The van der Waals surface area contributed by atoms with E-state index in [9.17, 15) is 23.2 Å².